The van der Waals surface area contributed by atoms with Crippen LogP contribution in [0.3, 0.4) is 0 Å². The fraction of sp³-hybridized carbons (Fsp3) is 0.0392. The van der Waals surface area contributed by atoms with E-state index in [1.54, 1.807) is 0 Å². The van der Waals surface area contributed by atoms with Crippen molar-refractivity contribution < 1.29 is 4.42 Å². The molecule has 0 N–H and O–H groups in total. The van der Waals surface area contributed by atoms with Crippen LogP contribution in [0.15, 0.2) is 180 Å². The summed E-state index contributed by atoms with van der Waals surface area (Å²) in [6.45, 7) is 0. The van der Waals surface area contributed by atoms with Crippen molar-refractivity contribution in [3.05, 3.63) is 187 Å². The van der Waals surface area contributed by atoms with Crippen LogP contribution in [0.4, 0.5) is 0 Å². The molecule has 0 radical (unpaired) electrons. The van der Waals surface area contributed by atoms with Gasteiger partial charge in [-0.1, -0.05) is 140 Å². The third-order valence-electron chi connectivity index (χ3n) is 10.9. The van der Waals surface area contributed by atoms with Gasteiger partial charge in [-0.3, -0.25) is 0 Å². The predicted molar refractivity (Wildman–Crippen MR) is 228 cm³/mol. The summed E-state index contributed by atoms with van der Waals surface area (Å²) in [6, 6.07) is 57.7. The summed E-state index contributed by atoms with van der Waals surface area (Å²) in [4.78, 5) is 15.5. The number of hydrogen-bond donors (Lipinski definition) is 0. The first-order valence-corrected chi connectivity index (χ1v) is 18.8. The molecule has 55 heavy (non-hydrogen) atoms. The van der Waals surface area contributed by atoms with E-state index in [9.17, 15) is 0 Å². The number of rotatable bonds is 5. The minimum atomic E-state index is 0.656. The van der Waals surface area contributed by atoms with Crippen LogP contribution in [0.5, 0.6) is 0 Å². The third kappa shape index (κ3) is 5.50. The van der Waals surface area contributed by atoms with Gasteiger partial charge in [0.15, 0.2) is 17.5 Å². The molecule has 1 aliphatic rings. The summed E-state index contributed by atoms with van der Waals surface area (Å²) < 4.78 is 6.71. The molecule has 0 saturated heterocycles. The van der Waals surface area contributed by atoms with Gasteiger partial charge in [0.25, 0.3) is 0 Å². The number of fused-ring (bicyclic) bond motifs is 6. The van der Waals surface area contributed by atoms with Crippen molar-refractivity contribution in [1.29, 1.82) is 0 Å². The lowest BCUT2D eigenvalue weighted by Gasteiger charge is -2.17. The SMILES string of the molecule is C1=C(c2nc(-c3ccc4ccccc4c3)nc(-c3ccc4ccccc4c3)n2)C=C(c2ccc(-c3ccc4ccccc4c3)c3oc4ccccc4c23)CC1. The highest BCUT2D eigenvalue weighted by molar-refractivity contribution is 6.15. The van der Waals surface area contributed by atoms with Crippen molar-refractivity contribution in [2.75, 3.05) is 0 Å². The first-order chi connectivity index (χ1) is 27.2. The Bertz CT molecular complexity index is 3130. The van der Waals surface area contributed by atoms with E-state index < -0.39 is 0 Å². The van der Waals surface area contributed by atoms with Crippen molar-refractivity contribution in [3.8, 4) is 33.9 Å². The van der Waals surface area contributed by atoms with Gasteiger partial charge < -0.3 is 4.42 Å². The summed E-state index contributed by atoms with van der Waals surface area (Å²) in [7, 11) is 0. The average molecular weight is 704 g/mol. The van der Waals surface area contributed by atoms with Crippen molar-refractivity contribution in [3.63, 3.8) is 0 Å². The van der Waals surface area contributed by atoms with Gasteiger partial charge in [0.2, 0.25) is 0 Å². The first-order valence-electron chi connectivity index (χ1n) is 18.8. The van der Waals surface area contributed by atoms with E-state index in [1.807, 2.05) is 6.07 Å². The zero-order chi connectivity index (χ0) is 36.3. The van der Waals surface area contributed by atoms with Gasteiger partial charge in [0.1, 0.15) is 11.2 Å². The Balaban J connectivity index is 1.07. The van der Waals surface area contributed by atoms with Crippen LogP contribution in [-0.4, -0.2) is 15.0 Å². The van der Waals surface area contributed by atoms with E-state index in [0.29, 0.717) is 17.5 Å². The Kier molecular flexibility index (Phi) is 7.27. The molecule has 11 rings (SSSR count). The minimum absolute atomic E-state index is 0.656. The summed E-state index contributed by atoms with van der Waals surface area (Å²) in [6.07, 6.45) is 6.31. The molecule has 0 aliphatic heterocycles. The highest BCUT2D eigenvalue weighted by atomic mass is 16.3. The Hall–Kier alpha value is -7.17. The van der Waals surface area contributed by atoms with Crippen LogP contribution in [0, 0.1) is 0 Å². The molecule has 2 heterocycles. The third-order valence-corrected chi connectivity index (χ3v) is 10.9. The lowest BCUT2D eigenvalue weighted by molar-refractivity contribution is 0.670. The predicted octanol–water partition coefficient (Wildman–Crippen LogP) is 13.5. The van der Waals surface area contributed by atoms with Gasteiger partial charge in [-0.25, -0.2) is 15.0 Å². The molecular formula is C51H33N3O. The molecule has 0 fully saturated rings. The van der Waals surface area contributed by atoms with Gasteiger partial charge in [0.05, 0.1) is 0 Å². The summed E-state index contributed by atoms with van der Waals surface area (Å²) in [5.74, 6) is 1.98. The lowest BCUT2D eigenvalue weighted by Crippen LogP contribution is -2.04. The van der Waals surface area contributed by atoms with Crippen LogP contribution in [0.2, 0.25) is 0 Å². The lowest BCUT2D eigenvalue weighted by atomic mass is 9.88. The number of furan rings is 1. The van der Waals surface area contributed by atoms with E-state index in [-0.39, 0.29) is 0 Å². The molecule has 0 atom stereocenters. The number of nitrogens with zero attached hydrogens (tertiary/aromatic N) is 3. The van der Waals surface area contributed by atoms with Gasteiger partial charge >= 0.3 is 0 Å². The Morgan fingerprint density at radius 2 is 0.945 bits per heavy atom. The normalized spacial score (nSPS) is 13.2. The van der Waals surface area contributed by atoms with Crippen LogP contribution in [0.25, 0.3) is 99.3 Å². The van der Waals surface area contributed by atoms with Gasteiger partial charge in [-0.15, -0.1) is 0 Å². The van der Waals surface area contributed by atoms with Crippen molar-refractivity contribution in [2.24, 2.45) is 0 Å². The monoisotopic (exact) mass is 703 g/mol. The van der Waals surface area contributed by atoms with Crippen molar-refractivity contribution >= 4 is 65.4 Å². The van der Waals surface area contributed by atoms with E-state index in [2.05, 4.69) is 170 Å². The molecule has 0 spiro atoms. The number of benzene rings is 8. The molecule has 2 aromatic heterocycles. The Morgan fingerprint density at radius 1 is 0.436 bits per heavy atom. The number of aromatic nitrogens is 3. The molecule has 0 unspecified atom stereocenters. The Morgan fingerprint density at radius 3 is 1.58 bits per heavy atom. The summed E-state index contributed by atoms with van der Waals surface area (Å²) in [5.41, 5.74) is 9.34. The highest BCUT2D eigenvalue weighted by Gasteiger charge is 2.21. The second-order valence-corrected chi connectivity index (χ2v) is 14.3. The molecule has 10 aromatic rings. The summed E-state index contributed by atoms with van der Waals surface area (Å²) in [5, 5.41) is 9.35. The standard InChI is InChI=1S/C51H33N3O/c1-4-13-35-28-39(23-20-32(35)10-1)44-27-26-43(47-45-18-7-8-19-46(45)55-48(44)47)38-16-9-17-40(31-38)49-52-50(41-24-21-33-11-2-5-14-36(33)29-41)54-51(53-49)42-25-22-34-12-3-6-15-37(34)30-42/h1-8,10-15,17-31H,9,16H2. The number of para-hydroxylation sites is 1. The second-order valence-electron chi connectivity index (χ2n) is 14.3. The zero-order valence-electron chi connectivity index (χ0n) is 29.9. The van der Waals surface area contributed by atoms with Crippen molar-refractivity contribution in [2.45, 2.75) is 12.8 Å². The molecule has 4 nitrogen and oxygen atoms in total. The quantitative estimate of drug-likeness (QED) is 0.179. The van der Waals surface area contributed by atoms with Gasteiger partial charge in [-0.05, 0) is 98.3 Å². The molecule has 8 aromatic carbocycles. The maximum atomic E-state index is 6.71. The van der Waals surface area contributed by atoms with Crippen LogP contribution < -0.4 is 0 Å². The maximum absolute atomic E-state index is 6.71. The van der Waals surface area contributed by atoms with E-state index in [4.69, 9.17) is 19.4 Å². The highest BCUT2D eigenvalue weighted by Crippen LogP contribution is 2.43. The first kappa shape index (κ1) is 31.4. The second kappa shape index (κ2) is 12.8. The van der Waals surface area contributed by atoms with E-state index in [0.717, 1.165) is 73.4 Å². The molecule has 1 aliphatic carbocycles. The minimum Gasteiger partial charge on any atom is -0.455 e. The van der Waals surface area contributed by atoms with Crippen LogP contribution in [-0.2, 0) is 0 Å². The largest absolute Gasteiger partial charge is 0.455 e. The smallest absolute Gasteiger partial charge is 0.164 e. The topological polar surface area (TPSA) is 51.8 Å². The molecule has 0 bridgehead atoms. The van der Waals surface area contributed by atoms with Crippen LogP contribution in [0.1, 0.15) is 24.2 Å². The summed E-state index contributed by atoms with van der Waals surface area (Å²) >= 11 is 0. The average Bonchev–Trinajstić information content (AvgIpc) is 3.65. The molecular weight excluding hydrogens is 671 g/mol. The molecule has 258 valence electrons. The van der Waals surface area contributed by atoms with Gasteiger partial charge in [0, 0.05) is 33.0 Å². The molecule has 0 amide bonds. The fourth-order valence-electron chi connectivity index (χ4n) is 8.17. The van der Waals surface area contributed by atoms with Gasteiger partial charge in [-0.2, -0.15) is 0 Å². The van der Waals surface area contributed by atoms with Crippen molar-refractivity contribution in [1.82, 2.24) is 15.0 Å². The molecule has 0 saturated carbocycles. The maximum Gasteiger partial charge on any atom is 0.164 e. The zero-order valence-corrected chi connectivity index (χ0v) is 29.9. The number of hydrogen-bond acceptors (Lipinski definition) is 4. The molecule has 4 heteroatoms. The fourth-order valence-corrected chi connectivity index (χ4v) is 8.17. The Labute approximate surface area is 317 Å². The number of allylic oxidation sites excluding steroid dienone is 4. The van der Waals surface area contributed by atoms with Crippen LogP contribution >= 0.6 is 0 Å². The van der Waals surface area contributed by atoms with E-state index >= 15 is 0 Å². The van der Waals surface area contributed by atoms with E-state index in [1.165, 1.54) is 32.7 Å².